The molecule has 6 heteroatoms. The van der Waals surface area contributed by atoms with Crippen LogP contribution in [-0.4, -0.2) is 11.0 Å². The van der Waals surface area contributed by atoms with E-state index in [0.717, 1.165) is 5.39 Å². The largest absolute Gasteiger partial charge is 0.455 e. The first-order valence-corrected chi connectivity index (χ1v) is 8.78. The number of benzene rings is 2. The lowest BCUT2D eigenvalue weighted by Crippen LogP contribution is -2.05. The van der Waals surface area contributed by atoms with Crippen molar-refractivity contribution in [1.82, 2.24) is 4.98 Å². The first kappa shape index (κ1) is 16.2. The van der Waals surface area contributed by atoms with Crippen molar-refractivity contribution in [2.45, 2.75) is 6.61 Å². The summed E-state index contributed by atoms with van der Waals surface area (Å²) in [6.07, 6.45) is 0. The number of para-hydroxylation sites is 1. The fourth-order valence-corrected chi connectivity index (χ4v) is 3.23. The summed E-state index contributed by atoms with van der Waals surface area (Å²) in [4.78, 5) is 28.6. The van der Waals surface area contributed by atoms with Crippen LogP contribution in [0.4, 0.5) is 0 Å². The Bertz CT molecular complexity index is 1130. The van der Waals surface area contributed by atoms with Gasteiger partial charge in [-0.15, -0.1) is 11.3 Å². The molecule has 0 saturated carbocycles. The van der Waals surface area contributed by atoms with Gasteiger partial charge in [-0.2, -0.15) is 0 Å². The van der Waals surface area contributed by atoms with Gasteiger partial charge in [0.2, 0.25) is 0 Å². The van der Waals surface area contributed by atoms with Crippen LogP contribution < -0.4 is 5.63 Å². The van der Waals surface area contributed by atoms with Crippen molar-refractivity contribution in [2.24, 2.45) is 0 Å². The third kappa shape index (κ3) is 3.27. The number of hydrogen-bond acceptors (Lipinski definition) is 6. The predicted octanol–water partition coefficient (Wildman–Crippen LogP) is 4.27. The molecule has 0 N–H and O–H groups in total. The SMILES string of the molecule is O=C(OCc1nc(-c2cc3ccccc3oc2=O)cs1)c1ccccc1. The summed E-state index contributed by atoms with van der Waals surface area (Å²) in [5, 5.41) is 3.19. The minimum absolute atomic E-state index is 0.0529. The first-order valence-electron chi connectivity index (χ1n) is 7.90. The topological polar surface area (TPSA) is 69.4 Å². The molecule has 128 valence electrons. The van der Waals surface area contributed by atoms with Crippen LogP contribution in [0, 0.1) is 0 Å². The standard InChI is InChI=1S/C20H13NO4S/c22-19(13-6-2-1-3-7-13)24-11-18-21-16(12-26-18)15-10-14-8-4-5-9-17(14)25-20(15)23/h1-10,12H,11H2. The zero-order valence-corrected chi connectivity index (χ0v) is 14.4. The highest BCUT2D eigenvalue weighted by Gasteiger charge is 2.13. The first-order chi connectivity index (χ1) is 12.7. The van der Waals surface area contributed by atoms with Crippen molar-refractivity contribution in [2.75, 3.05) is 0 Å². The predicted molar refractivity (Wildman–Crippen MR) is 99.2 cm³/mol. The van der Waals surface area contributed by atoms with Gasteiger partial charge >= 0.3 is 11.6 Å². The molecule has 26 heavy (non-hydrogen) atoms. The van der Waals surface area contributed by atoms with Crippen molar-refractivity contribution in [3.8, 4) is 11.3 Å². The van der Waals surface area contributed by atoms with Gasteiger partial charge < -0.3 is 9.15 Å². The van der Waals surface area contributed by atoms with Gasteiger partial charge in [0.15, 0.2) is 0 Å². The maximum atomic E-state index is 12.2. The molecular weight excluding hydrogens is 350 g/mol. The molecule has 0 atom stereocenters. The second-order valence-electron chi connectivity index (χ2n) is 5.55. The van der Waals surface area contributed by atoms with E-state index in [9.17, 15) is 9.59 Å². The summed E-state index contributed by atoms with van der Waals surface area (Å²) in [5.41, 5.74) is 1.48. The fourth-order valence-electron chi connectivity index (χ4n) is 2.53. The van der Waals surface area contributed by atoms with E-state index in [1.54, 1.807) is 41.8 Å². The van der Waals surface area contributed by atoms with Gasteiger partial charge in [0, 0.05) is 10.8 Å². The Morgan fingerprint density at radius 3 is 2.69 bits per heavy atom. The van der Waals surface area contributed by atoms with E-state index < -0.39 is 11.6 Å². The molecule has 0 aliphatic rings. The van der Waals surface area contributed by atoms with Crippen LogP contribution in [0.5, 0.6) is 0 Å². The van der Waals surface area contributed by atoms with E-state index in [1.165, 1.54) is 11.3 Å². The zero-order chi connectivity index (χ0) is 17.9. The molecule has 0 saturated heterocycles. The van der Waals surface area contributed by atoms with Crippen molar-refractivity contribution in [3.05, 3.63) is 87.0 Å². The van der Waals surface area contributed by atoms with Crippen LogP contribution in [0.1, 0.15) is 15.4 Å². The Labute approximate surface area is 152 Å². The number of aromatic nitrogens is 1. The van der Waals surface area contributed by atoms with E-state index >= 15 is 0 Å². The summed E-state index contributed by atoms with van der Waals surface area (Å²) in [7, 11) is 0. The molecule has 5 nitrogen and oxygen atoms in total. The summed E-state index contributed by atoms with van der Waals surface area (Å²) >= 11 is 1.33. The molecule has 0 unspecified atom stereocenters. The van der Waals surface area contributed by atoms with E-state index in [-0.39, 0.29) is 6.61 Å². The molecule has 0 aliphatic heterocycles. The monoisotopic (exact) mass is 363 g/mol. The lowest BCUT2D eigenvalue weighted by atomic mass is 10.1. The van der Waals surface area contributed by atoms with Gasteiger partial charge in [0.1, 0.15) is 17.2 Å². The summed E-state index contributed by atoms with van der Waals surface area (Å²) in [6, 6.07) is 17.8. The molecular formula is C20H13NO4S. The summed E-state index contributed by atoms with van der Waals surface area (Å²) < 4.78 is 10.6. The number of hydrogen-bond donors (Lipinski definition) is 0. The molecule has 0 fully saturated rings. The van der Waals surface area contributed by atoms with E-state index in [0.29, 0.717) is 27.4 Å². The average molecular weight is 363 g/mol. The quantitative estimate of drug-likeness (QED) is 0.400. The molecule has 4 rings (SSSR count). The Balaban J connectivity index is 1.54. The number of rotatable bonds is 4. The van der Waals surface area contributed by atoms with Crippen LogP contribution in [0.2, 0.25) is 0 Å². The zero-order valence-electron chi connectivity index (χ0n) is 13.5. The molecule has 2 aromatic carbocycles. The molecule has 0 radical (unpaired) electrons. The second-order valence-corrected chi connectivity index (χ2v) is 6.50. The minimum atomic E-state index is -0.443. The highest BCUT2D eigenvalue weighted by atomic mass is 32.1. The van der Waals surface area contributed by atoms with Crippen molar-refractivity contribution >= 4 is 28.3 Å². The third-order valence-electron chi connectivity index (χ3n) is 3.81. The maximum Gasteiger partial charge on any atom is 0.345 e. The molecule has 2 heterocycles. The van der Waals surface area contributed by atoms with Crippen molar-refractivity contribution in [1.29, 1.82) is 0 Å². The van der Waals surface area contributed by atoms with Gasteiger partial charge in [-0.3, -0.25) is 0 Å². The number of thiazole rings is 1. The number of esters is 1. The normalized spacial score (nSPS) is 10.8. The minimum Gasteiger partial charge on any atom is -0.455 e. The Morgan fingerprint density at radius 2 is 1.85 bits per heavy atom. The molecule has 0 spiro atoms. The summed E-state index contributed by atoms with van der Waals surface area (Å²) in [6.45, 7) is 0.0529. The molecule has 0 aliphatic carbocycles. The van der Waals surface area contributed by atoms with Crippen LogP contribution in [0.15, 0.2) is 75.3 Å². The van der Waals surface area contributed by atoms with E-state index in [1.807, 2.05) is 24.3 Å². The maximum absolute atomic E-state index is 12.2. The van der Waals surface area contributed by atoms with Crippen LogP contribution in [-0.2, 0) is 11.3 Å². The van der Waals surface area contributed by atoms with E-state index in [2.05, 4.69) is 4.98 Å². The lowest BCUT2D eigenvalue weighted by molar-refractivity contribution is 0.0472. The smallest absolute Gasteiger partial charge is 0.345 e. The molecule has 4 aromatic rings. The number of carbonyl (C=O) groups is 1. The van der Waals surface area contributed by atoms with Gasteiger partial charge in [0.25, 0.3) is 0 Å². The van der Waals surface area contributed by atoms with Crippen LogP contribution in [0.25, 0.3) is 22.2 Å². The van der Waals surface area contributed by atoms with Gasteiger partial charge in [-0.25, -0.2) is 14.6 Å². The van der Waals surface area contributed by atoms with Gasteiger partial charge in [-0.1, -0.05) is 36.4 Å². The van der Waals surface area contributed by atoms with Crippen molar-refractivity contribution < 1.29 is 13.9 Å². The number of carbonyl (C=O) groups excluding carboxylic acids is 1. The lowest BCUT2D eigenvalue weighted by Gasteiger charge is -2.02. The van der Waals surface area contributed by atoms with Crippen molar-refractivity contribution in [3.63, 3.8) is 0 Å². The number of ether oxygens (including phenoxy) is 1. The Kier molecular flexibility index (Phi) is 4.33. The van der Waals surface area contributed by atoms with Gasteiger partial charge in [-0.05, 0) is 24.3 Å². The highest BCUT2D eigenvalue weighted by molar-refractivity contribution is 7.09. The number of nitrogens with zero attached hydrogens (tertiary/aromatic N) is 1. The number of fused-ring (bicyclic) bond motifs is 1. The molecule has 2 aromatic heterocycles. The van der Waals surface area contributed by atoms with Crippen LogP contribution >= 0.6 is 11.3 Å². The summed E-state index contributed by atoms with van der Waals surface area (Å²) in [5.74, 6) is -0.410. The van der Waals surface area contributed by atoms with E-state index in [4.69, 9.17) is 9.15 Å². The third-order valence-corrected chi connectivity index (χ3v) is 4.63. The molecule has 0 amide bonds. The Hall–Kier alpha value is -3.25. The Morgan fingerprint density at radius 1 is 1.08 bits per heavy atom. The van der Waals surface area contributed by atoms with Crippen LogP contribution in [0.3, 0.4) is 0 Å². The van der Waals surface area contributed by atoms with Gasteiger partial charge in [0.05, 0.1) is 16.8 Å². The average Bonchev–Trinajstić information content (AvgIpc) is 3.15. The second kappa shape index (κ2) is 6.93. The fraction of sp³-hybridized carbons (Fsp3) is 0.0500. The molecule has 0 bridgehead atoms. The highest BCUT2D eigenvalue weighted by Crippen LogP contribution is 2.23.